The average Bonchev–Trinajstić information content (AvgIpc) is 2.94. The molecular weight excluding hydrogens is 314 g/mol. The SMILES string of the molecule is Cc1nnc2ccc(N3CC(N(C)CCC4CCCCN4C)C3)nn12. The molecule has 0 bridgehead atoms. The first-order valence-corrected chi connectivity index (χ1v) is 9.46. The fraction of sp³-hybridized carbons (Fsp3) is 0.722. The minimum Gasteiger partial charge on any atom is -0.352 e. The van der Waals surface area contributed by atoms with Crippen molar-refractivity contribution in [3.8, 4) is 0 Å². The molecule has 4 rings (SSSR count). The van der Waals surface area contributed by atoms with E-state index in [1.54, 1.807) is 0 Å². The van der Waals surface area contributed by atoms with E-state index in [0.29, 0.717) is 6.04 Å². The lowest BCUT2D eigenvalue weighted by Gasteiger charge is -2.45. The first kappa shape index (κ1) is 16.7. The maximum atomic E-state index is 4.67. The third-order valence-corrected chi connectivity index (χ3v) is 5.95. The number of likely N-dealkylation sites (tertiary alicyclic amines) is 1. The van der Waals surface area contributed by atoms with Gasteiger partial charge in [-0.3, -0.25) is 4.90 Å². The fourth-order valence-corrected chi connectivity index (χ4v) is 4.02. The molecule has 0 spiro atoms. The second-order valence-electron chi connectivity index (χ2n) is 7.67. The van der Waals surface area contributed by atoms with Crippen LogP contribution in [0.4, 0.5) is 5.82 Å². The second-order valence-corrected chi connectivity index (χ2v) is 7.67. The summed E-state index contributed by atoms with van der Waals surface area (Å²) in [7, 11) is 4.55. The predicted molar refractivity (Wildman–Crippen MR) is 99.0 cm³/mol. The van der Waals surface area contributed by atoms with Crippen LogP contribution in [0.2, 0.25) is 0 Å². The normalized spacial score (nSPS) is 22.7. The number of anilines is 1. The van der Waals surface area contributed by atoms with Crippen LogP contribution in [0.5, 0.6) is 0 Å². The van der Waals surface area contributed by atoms with Crippen molar-refractivity contribution >= 4 is 11.5 Å². The summed E-state index contributed by atoms with van der Waals surface area (Å²) in [5, 5.41) is 12.9. The van der Waals surface area contributed by atoms with E-state index >= 15 is 0 Å². The van der Waals surface area contributed by atoms with Crippen LogP contribution in [0.3, 0.4) is 0 Å². The fourth-order valence-electron chi connectivity index (χ4n) is 4.02. The summed E-state index contributed by atoms with van der Waals surface area (Å²) in [6.45, 7) is 6.49. The van der Waals surface area contributed by atoms with Crippen LogP contribution >= 0.6 is 0 Å². The zero-order chi connectivity index (χ0) is 17.4. The number of hydrogen-bond acceptors (Lipinski definition) is 6. The molecule has 25 heavy (non-hydrogen) atoms. The number of aromatic nitrogens is 4. The van der Waals surface area contributed by atoms with Crippen LogP contribution in [0.1, 0.15) is 31.5 Å². The van der Waals surface area contributed by atoms with Crippen LogP contribution < -0.4 is 4.90 Å². The Labute approximate surface area is 149 Å². The van der Waals surface area contributed by atoms with Gasteiger partial charge in [0.15, 0.2) is 11.5 Å². The molecule has 1 unspecified atom stereocenters. The van der Waals surface area contributed by atoms with Crippen LogP contribution in [0.25, 0.3) is 5.65 Å². The van der Waals surface area contributed by atoms with Crippen LogP contribution in [-0.4, -0.2) is 82.0 Å². The first-order valence-electron chi connectivity index (χ1n) is 9.46. The molecule has 136 valence electrons. The lowest BCUT2D eigenvalue weighted by atomic mass is 9.99. The Bertz CT molecular complexity index is 721. The van der Waals surface area contributed by atoms with Crippen molar-refractivity contribution in [1.29, 1.82) is 0 Å². The van der Waals surface area contributed by atoms with Gasteiger partial charge in [-0.25, -0.2) is 0 Å². The molecular formula is C18H29N7. The summed E-state index contributed by atoms with van der Waals surface area (Å²) < 4.78 is 1.82. The highest BCUT2D eigenvalue weighted by Crippen LogP contribution is 2.23. The van der Waals surface area contributed by atoms with E-state index in [9.17, 15) is 0 Å². The van der Waals surface area contributed by atoms with Crippen molar-refractivity contribution in [3.05, 3.63) is 18.0 Å². The molecule has 7 heteroatoms. The van der Waals surface area contributed by atoms with Crippen molar-refractivity contribution < 1.29 is 0 Å². The van der Waals surface area contributed by atoms with E-state index < -0.39 is 0 Å². The van der Waals surface area contributed by atoms with E-state index in [1.165, 1.54) is 38.8 Å². The minimum atomic E-state index is 0.633. The van der Waals surface area contributed by atoms with Gasteiger partial charge >= 0.3 is 0 Å². The maximum Gasteiger partial charge on any atom is 0.178 e. The largest absolute Gasteiger partial charge is 0.352 e. The average molecular weight is 343 g/mol. The van der Waals surface area contributed by atoms with Gasteiger partial charge < -0.3 is 9.80 Å². The third kappa shape index (κ3) is 3.35. The molecule has 0 N–H and O–H groups in total. The van der Waals surface area contributed by atoms with Crippen LogP contribution in [-0.2, 0) is 0 Å². The number of fused-ring (bicyclic) bond motifs is 1. The zero-order valence-electron chi connectivity index (χ0n) is 15.6. The minimum absolute atomic E-state index is 0.633. The molecule has 1 atom stereocenters. The summed E-state index contributed by atoms with van der Waals surface area (Å²) in [5.74, 6) is 1.86. The molecule has 2 fully saturated rings. The van der Waals surface area contributed by atoms with Crippen molar-refractivity contribution in [2.75, 3.05) is 45.2 Å². The van der Waals surface area contributed by atoms with E-state index in [4.69, 9.17) is 0 Å². The van der Waals surface area contributed by atoms with E-state index in [2.05, 4.69) is 50.2 Å². The van der Waals surface area contributed by atoms with Crippen LogP contribution in [0.15, 0.2) is 12.1 Å². The topological polar surface area (TPSA) is 52.8 Å². The Kier molecular flexibility index (Phi) is 4.60. The number of nitrogens with zero attached hydrogens (tertiary/aromatic N) is 7. The molecule has 0 radical (unpaired) electrons. The molecule has 0 saturated carbocycles. The molecule has 2 aromatic heterocycles. The Morgan fingerprint density at radius 1 is 1.20 bits per heavy atom. The van der Waals surface area contributed by atoms with Gasteiger partial charge in [0.1, 0.15) is 5.82 Å². The second kappa shape index (κ2) is 6.88. The van der Waals surface area contributed by atoms with Gasteiger partial charge in [0, 0.05) is 25.2 Å². The Balaban J connectivity index is 1.29. The standard InChI is InChI=1S/C18H29N7/c1-14-19-20-17-7-8-18(21-25(14)17)24-12-16(13-24)23(3)11-9-15-6-4-5-10-22(15)2/h7-8,15-16H,4-6,9-13H2,1-3H3. The highest BCUT2D eigenvalue weighted by Gasteiger charge is 2.31. The molecule has 2 aromatic rings. The molecule has 4 heterocycles. The zero-order valence-corrected chi connectivity index (χ0v) is 15.6. The highest BCUT2D eigenvalue weighted by molar-refractivity contribution is 5.47. The summed E-state index contributed by atoms with van der Waals surface area (Å²) >= 11 is 0. The molecule has 0 aromatic carbocycles. The summed E-state index contributed by atoms with van der Waals surface area (Å²) in [6, 6.07) is 5.45. The quantitative estimate of drug-likeness (QED) is 0.819. The number of aryl methyl sites for hydroxylation is 1. The lowest BCUT2D eigenvalue weighted by Crippen LogP contribution is -2.59. The number of piperidine rings is 1. The molecule has 2 aliphatic rings. The smallest absolute Gasteiger partial charge is 0.178 e. The Morgan fingerprint density at radius 2 is 2.04 bits per heavy atom. The predicted octanol–water partition coefficient (Wildman–Crippen LogP) is 1.43. The Hall–Kier alpha value is -1.73. The summed E-state index contributed by atoms with van der Waals surface area (Å²) in [5.41, 5.74) is 0.812. The highest BCUT2D eigenvalue weighted by atomic mass is 15.4. The van der Waals surface area contributed by atoms with E-state index in [-0.39, 0.29) is 0 Å². The number of rotatable bonds is 5. The molecule has 0 aliphatic carbocycles. The third-order valence-electron chi connectivity index (χ3n) is 5.95. The maximum absolute atomic E-state index is 4.67. The molecule has 2 saturated heterocycles. The molecule has 0 amide bonds. The Morgan fingerprint density at radius 3 is 2.84 bits per heavy atom. The van der Waals surface area contributed by atoms with E-state index in [1.807, 2.05) is 17.5 Å². The van der Waals surface area contributed by atoms with E-state index in [0.717, 1.165) is 36.4 Å². The van der Waals surface area contributed by atoms with Gasteiger partial charge in [0.25, 0.3) is 0 Å². The van der Waals surface area contributed by atoms with Gasteiger partial charge in [0.05, 0.1) is 0 Å². The van der Waals surface area contributed by atoms with Crippen molar-refractivity contribution in [2.45, 2.75) is 44.7 Å². The van der Waals surface area contributed by atoms with Gasteiger partial charge in [-0.15, -0.1) is 15.3 Å². The molecule has 2 aliphatic heterocycles. The van der Waals surface area contributed by atoms with Gasteiger partial charge in [-0.05, 0) is 65.5 Å². The molecule has 7 nitrogen and oxygen atoms in total. The number of likely N-dealkylation sites (N-methyl/N-ethyl adjacent to an activating group) is 1. The number of hydrogen-bond donors (Lipinski definition) is 0. The van der Waals surface area contributed by atoms with Gasteiger partial charge in [-0.1, -0.05) is 6.42 Å². The van der Waals surface area contributed by atoms with Crippen LogP contribution in [0, 0.1) is 6.92 Å². The lowest BCUT2D eigenvalue weighted by molar-refractivity contribution is 0.139. The van der Waals surface area contributed by atoms with Crippen molar-refractivity contribution in [3.63, 3.8) is 0 Å². The van der Waals surface area contributed by atoms with Gasteiger partial charge in [-0.2, -0.15) is 4.52 Å². The van der Waals surface area contributed by atoms with Crippen molar-refractivity contribution in [1.82, 2.24) is 29.6 Å². The first-order chi connectivity index (χ1) is 12.1. The van der Waals surface area contributed by atoms with Gasteiger partial charge in [0.2, 0.25) is 0 Å². The van der Waals surface area contributed by atoms with Crippen molar-refractivity contribution in [2.24, 2.45) is 0 Å². The summed E-state index contributed by atoms with van der Waals surface area (Å²) in [6.07, 6.45) is 5.41. The summed E-state index contributed by atoms with van der Waals surface area (Å²) in [4.78, 5) is 7.42. The monoisotopic (exact) mass is 343 g/mol.